The van der Waals surface area contributed by atoms with Gasteiger partial charge in [-0.1, -0.05) is 6.92 Å². The molecule has 0 amide bonds. The lowest BCUT2D eigenvalue weighted by Gasteiger charge is -2.15. The Morgan fingerprint density at radius 2 is 2.19 bits per heavy atom. The van der Waals surface area contributed by atoms with Gasteiger partial charge in [0, 0.05) is 6.04 Å². The molecule has 4 nitrogen and oxygen atoms in total. The van der Waals surface area contributed by atoms with Crippen LogP contribution in [0.1, 0.15) is 24.2 Å². The molecule has 1 saturated heterocycles. The van der Waals surface area contributed by atoms with Crippen molar-refractivity contribution in [2.45, 2.75) is 25.1 Å². The Hall–Kier alpha value is -1.60. The third kappa shape index (κ3) is 2.75. The Kier molecular flexibility index (Phi) is 3.62. The van der Waals surface area contributed by atoms with Crippen LogP contribution in [0.3, 0.4) is 0 Å². The zero-order chi connectivity index (χ0) is 15.0. The second-order valence-electron chi connectivity index (χ2n) is 5.16. The highest BCUT2D eigenvalue weighted by atomic mass is 19.4. The second kappa shape index (κ2) is 5.31. The van der Waals surface area contributed by atoms with Crippen molar-refractivity contribution in [1.82, 2.24) is 15.3 Å². The lowest BCUT2D eigenvalue weighted by molar-refractivity contribution is -0.137. The van der Waals surface area contributed by atoms with Crippen molar-refractivity contribution in [1.29, 1.82) is 0 Å². The van der Waals surface area contributed by atoms with Crippen molar-refractivity contribution in [3.05, 3.63) is 29.6 Å². The smallest absolute Gasteiger partial charge is 0.379 e. The quantitative estimate of drug-likeness (QED) is 0.916. The van der Waals surface area contributed by atoms with Gasteiger partial charge in [0.1, 0.15) is 5.82 Å². The van der Waals surface area contributed by atoms with E-state index in [1.165, 1.54) is 6.07 Å². The number of nitrogens with zero attached hydrogens (tertiary/aromatic N) is 1. The van der Waals surface area contributed by atoms with Gasteiger partial charge in [-0.25, -0.2) is 4.98 Å². The summed E-state index contributed by atoms with van der Waals surface area (Å²) >= 11 is 0. The summed E-state index contributed by atoms with van der Waals surface area (Å²) in [5.74, 6) is 0.708. The molecule has 2 aromatic rings. The van der Waals surface area contributed by atoms with Crippen LogP contribution in [-0.4, -0.2) is 35.8 Å². The molecule has 1 aliphatic rings. The largest absolute Gasteiger partial charge is 0.416 e. The zero-order valence-electron chi connectivity index (χ0n) is 11.5. The predicted molar refractivity (Wildman–Crippen MR) is 72.1 cm³/mol. The van der Waals surface area contributed by atoms with Gasteiger partial charge in [0.15, 0.2) is 0 Å². The number of likely N-dealkylation sites (N-methyl/N-ethyl adjacent to an activating group) is 1. The van der Waals surface area contributed by atoms with E-state index in [-0.39, 0.29) is 12.0 Å². The number of hydrogen-bond acceptors (Lipinski definition) is 3. The molecule has 2 unspecified atom stereocenters. The average Bonchev–Trinajstić information content (AvgIpc) is 3.02. The summed E-state index contributed by atoms with van der Waals surface area (Å²) in [5.41, 5.74) is 0.276. The standard InChI is InChI=1S/C14H16F3N3O/c1-2-18-12-7-21-6-9(12)13-19-10-4-3-8(14(15,16)17)5-11(10)20-13/h3-5,9,12,18H,2,6-7H2,1H3,(H,19,20). The van der Waals surface area contributed by atoms with Gasteiger partial charge in [-0.05, 0) is 24.7 Å². The molecule has 2 atom stereocenters. The molecule has 1 fully saturated rings. The first-order valence-electron chi connectivity index (χ1n) is 6.87. The molecule has 1 aliphatic heterocycles. The van der Waals surface area contributed by atoms with Crippen molar-refractivity contribution in [2.24, 2.45) is 0 Å². The van der Waals surface area contributed by atoms with E-state index in [1.54, 1.807) is 0 Å². The van der Waals surface area contributed by atoms with Crippen LogP contribution in [0, 0.1) is 0 Å². The number of nitrogens with one attached hydrogen (secondary N) is 2. The Balaban J connectivity index is 1.94. The van der Waals surface area contributed by atoms with Crippen molar-refractivity contribution in [2.75, 3.05) is 19.8 Å². The summed E-state index contributed by atoms with van der Waals surface area (Å²) < 4.78 is 43.6. The van der Waals surface area contributed by atoms with E-state index < -0.39 is 11.7 Å². The first kappa shape index (κ1) is 14.3. The second-order valence-corrected chi connectivity index (χ2v) is 5.16. The fourth-order valence-corrected chi connectivity index (χ4v) is 2.67. The Morgan fingerprint density at radius 1 is 1.38 bits per heavy atom. The highest BCUT2D eigenvalue weighted by Crippen LogP contribution is 2.32. The zero-order valence-corrected chi connectivity index (χ0v) is 11.5. The summed E-state index contributed by atoms with van der Waals surface area (Å²) in [6.45, 7) is 3.92. The number of hydrogen-bond donors (Lipinski definition) is 2. The van der Waals surface area contributed by atoms with E-state index in [1.807, 2.05) is 6.92 Å². The fraction of sp³-hybridized carbons (Fsp3) is 0.500. The van der Waals surface area contributed by atoms with E-state index in [0.717, 1.165) is 18.7 Å². The number of imidazole rings is 1. The number of aromatic amines is 1. The molecule has 0 saturated carbocycles. The molecule has 21 heavy (non-hydrogen) atoms. The summed E-state index contributed by atoms with van der Waals surface area (Å²) in [5, 5.41) is 3.31. The SMILES string of the molecule is CCNC1COCC1c1nc2ccc(C(F)(F)F)cc2[nH]1. The normalized spacial score (nSPS) is 23.0. The van der Waals surface area contributed by atoms with Gasteiger partial charge < -0.3 is 15.0 Å². The monoisotopic (exact) mass is 299 g/mol. The third-order valence-electron chi connectivity index (χ3n) is 3.73. The molecular formula is C14H16F3N3O. The maximum absolute atomic E-state index is 12.7. The number of alkyl halides is 3. The number of halogens is 3. The molecular weight excluding hydrogens is 283 g/mol. The van der Waals surface area contributed by atoms with Crippen LogP contribution in [0.2, 0.25) is 0 Å². The first-order valence-corrected chi connectivity index (χ1v) is 6.87. The number of H-pyrrole nitrogens is 1. The van der Waals surface area contributed by atoms with Crippen LogP contribution < -0.4 is 5.32 Å². The Bertz CT molecular complexity index is 638. The molecule has 0 spiro atoms. The highest BCUT2D eigenvalue weighted by Gasteiger charge is 2.33. The fourth-order valence-electron chi connectivity index (χ4n) is 2.67. The van der Waals surface area contributed by atoms with Gasteiger partial charge in [0.25, 0.3) is 0 Å². The van der Waals surface area contributed by atoms with Crippen LogP contribution in [0.15, 0.2) is 18.2 Å². The molecule has 0 aliphatic carbocycles. The molecule has 2 N–H and O–H groups in total. The molecule has 7 heteroatoms. The lowest BCUT2D eigenvalue weighted by Crippen LogP contribution is -2.34. The molecule has 0 bridgehead atoms. The minimum atomic E-state index is -4.35. The first-order chi connectivity index (χ1) is 9.99. The summed E-state index contributed by atoms with van der Waals surface area (Å²) in [7, 11) is 0. The van der Waals surface area contributed by atoms with Gasteiger partial charge in [0.05, 0.1) is 35.7 Å². The molecule has 0 radical (unpaired) electrons. The number of aromatic nitrogens is 2. The minimum absolute atomic E-state index is 0.0340. The van der Waals surface area contributed by atoms with Crippen molar-refractivity contribution >= 4 is 11.0 Å². The van der Waals surface area contributed by atoms with Crippen LogP contribution in [0.4, 0.5) is 13.2 Å². The summed E-state index contributed by atoms with van der Waals surface area (Å²) in [6.07, 6.45) is -4.35. The molecule has 2 heterocycles. The molecule has 114 valence electrons. The van der Waals surface area contributed by atoms with Crippen LogP contribution in [0.5, 0.6) is 0 Å². The number of benzene rings is 1. The summed E-state index contributed by atoms with van der Waals surface area (Å²) in [4.78, 5) is 7.41. The van der Waals surface area contributed by atoms with Gasteiger partial charge >= 0.3 is 6.18 Å². The highest BCUT2D eigenvalue weighted by molar-refractivity contribution is 5.76. The maximum atomic E-state index is 12.7. The lowest BCUT2D eigenvalue weighted by atomic mass is 10.0. The third-order valence-corrected chi connectivity index (χ3v) is 3.73. The molecule has 1 aromatic heterocycles. The van der Waals surface area contributed by atoms with Crippen LogP contribution in [0.25, 0.3) is 11.0 Å². The average molecular weight is 299 g/mol. The predicted octanol–water partition coefficient (Wildman–Crippen LogP) is 2.67. The van der Waals surface area contributed by atoms with Gasteiger partial charge in [-0.3, -0.25) is 0 Å². The summed E-state index contributed by atoms with van der Waals surface area (Å²) in [6, 6.07) is 3.69. The van der Waals surface area contributed by atoms with Crippen molar-refractivity contribution in [3.63, 3.8) is 0 Å². The van der Waals surface area contributed by atoms with E-state index in [2.05, 4.69) is 15.3 Å². The van der Waals surface area contributed by atoms with Gasteiger partial charge in [-0.15, -0.1) is 0 Å². The topological polar surface area (TPSA) is 49.9 Å². The van der Waals surface area contributed by atoms with Crippen LogP contribution >= 0.6 is 0 Å². The van der Waals surface area contributed by atoms with Crippen molar-refractivity contribution in [3.8, 4) is 0 Å². The number of ether oxygens (including phenoxy) is 1. The van der Waals surface area contributed by atoms with E-state index in [0.29, 0.717) is 30.1 Å². The van der Waals surface area contributed by atoms with E-state index >= 15 is 0 Å². The van der Waals surface area contributed by atoms with Gasteiger partial charge in [0.2, 0.25) is 0 Å². The maximum Gasteiger partial charge on any atom is 0.416 e. The molecule has 1 aromatic carbocycles. The number of rotatable bonds is 3. The van der Waals surface area contributed by atoms with Crippen LogP contribution in [-0.2, 0) is 10.9 Å². The molecule has 3 rings (SSSR count). The van der Waals surface area contributed by atoms with Crippen molar-refractivity contribution < 1.29 is 17.9 Å². The van der Waals surface area contributed by atoms with E-state index in [4.69, 9.17) is 4.74 Å². The Morgan fingerprint density at radius 3 is 2.90 bits per heavy atom. The number of fused-ring (bicyclic) bond motifs is 1. The van der Waals surface area contributed by atoms with Gasteiger partial charge in [-0.2, -0.15) is 13.2 Å². The minimum Gasteiger partial charge on any atom is -0.379 e. The Labute approximate surface area is 119 Å². The van der Waals surface area contributed by atoms with E-state index in [9.17, 15) is 13.2 Å².